The summed E-state index contributed by atoms with van der Waals surface area (Å²) >= 11 is 0. The van der Waals surface area contributed by atoms with E-state index >= 15 is 0 Å². The summed E-state index contributed by atoms with van der Waals surface area (Å²) in [5, 5.41) is 12.9. The topological polar surface area (TPSA) is 64.8 Å². The maximum absolute atomic E-state index is 9.09. The van der Waals surface area contributed by atoms with Crippen LogP contribution in [0.3, 0.4) is 0 Å². The molecule has 1 aliphatic heterocycles. The van der Waals surface area contributed by atoms with Crippen LogP contribution in [-0.2, 0) is 0 Å². The number of hydrogen-bond donors (Lipinski definition) is 1. The van der Waals surface area contributed by atoms with Gasteiger partial charge in [-0.2, -0.15) is 5.26 Å². The van der Waals surface area contributed by atoms with Crippen LogP contribution < -0.4 is 10.2 Å². The van der Waals surface area contributed by atoms with E-state index in [-0.39, 0.29) is 0 Å². The zero-order valence-corrected chi connectivity index (χ0v) is 19.7. The molecule has 2 aliphatic rings. The Balaban J connectivity index is 1.24. The molecule has 0 unspecified atom stereocenters. The average Bonchev–Trinajstić information content (AvgIpc) is 2.91. The lowest BCUT2D eigenvalue weighted by atomic mass is 9.77. The molecule has 3 aromatic rings. The van der Waals surface area contributed by atoms with Crippen molar-refractivity contribution in [1.82, 2.24) is 9.97 Å². The molecule has 1 aromatic carbocycles. The van der Waals surface area contributed by atoms with E-state index in [1.165, 1.54) is 50.6 Å². The Bertz CT molecular complexity index is 1110. The summed E-state index contributed by atoms with van der Waals surface area (Å²) in [4.78, 5) is 11.6. The molecule has 5 nitrogen and oxygen atoms in total. The molecule has 3 heterocycles. The first kappa shape index (κ1) is 22.4. The van der Waals surface area contributed by atoms with E-state index in [9.17, 15) is 0 Å². The minimum absolute atomic E-state index is 0.477. The molecule has 0 amide bonds. The molecule has 1 saturated carbocycles. The number of nitrogens with one attached hydrogen (secondary N) is 1. The maximum Gasteiger partial charge on any atom is 0.126 e. The Labute approximate surface area is 202 Å². The molecule has 0 radical (unpaired) electrons. The lowest BCUT2D eigenvalue weighted by Gasteiger charge is -2.39. The van der Waals surface area contributed by atoms with Gasteiger partial charge in [0.25, 0.3) is 0 Å². The Kier molecular flexibility index (Phi) is 7.05. The van der Waals surface area contributed by atoms with E-state index in [1.807, 2.05) is 48.8 Å². The second-order valence-corrected chi connectivity index (χ2v) is 9.79. The summed E-state index contributed by atoms with van der Waals surface area (Å²) in [5.41, 5.74) is 4.07. The molecule has 2 fully saturated rings. The van der Waals surface area contributed by atoms with Crippen molar-refractivity contribution in [2.24, 2.45) is 11.8 Å². The largest absolute Gasteiger partial charge is 0.371 e. The molecule has 0 bridgehead atoms. The number of piperidine rings is 1. The van der Waals surface area contributed by atoms with Crippen LogP contribution in [0.15, 0.2) is 67.0 Å². The van der Waals surface area contributed by atoms with Crippen LogP contribution in [0, 0.1) is 23.2 Å². The normalized spacial score (nSPS) is 22.7. The van der Waals surface area contributed by atoms with E-state index in [0.29, 0.717) is 17.9 Å². The van der Waals surface area contributed by atoms with Gasteiger partial charge in [0.2, 0.25) is 0 Å². The molecule has 34 heavy (non-hydrogen) atoms. The second-order valence-electron chi connectivity index (χ2n) is 9.79. The predicted molar refractivity (Wildman–Crippen MR) is 138 cm³/mol. The number of benzene rings is 1. The lowest BCUT2D eigenvalue weighted by molar-refractivity contribution is 0.247. The Morgan fingerprint density at radius 3 is 2.65 bits per heavy atom. The first-order valence-corrected chi connectivity index (χ1v) is 12.7. The SMILES string of the molecule is N#Cc1ccc(N2CCC[C@H](C[C@@H]3CCCC[C@H]3Nc3cc(-c4ccccn4)ccn3)C2)cc1. The third-order valence-electron chi connectivity index (χ3n) is 7.48. The smallest absolute Gasteiger partial charge is 0.126 e. The van der Waals surface area contributed by atoms with Gasteiger partial charge in [0, 0.05) is 42.8 Å². The Morgan fingerprint density at radius 2 is 1.82 bits per heavy atom. The molecule has 5 heteroatoms. The number of hydrogen-bond acceptors (Lipinski definition) is 5. The third kappa shape index (κ3) is 5.39. The highest BCUT2D eigenvalue weighted by molar-refractivity contribution is 5.62. The summed E-state index contributed by atoms with van der Waals surface area (Å²) in [6.07, 6.45) is 12.7. The minimum atomic E-state index is 0.477. The van der Waals surface area contributed by atoms with Crippen molar-refractivity contribution in [3.05, 3.63) is 72.6 Å². The van der Waals surface area contributed by atoms with Crippen LogP contribution in [0.5, 0.6) is 0 Å². The Hall–Kier alpha value is -3.39. The monoisotopic (exact) mass is 451 g/mol. The molecule has 5 rings (SSSR count). The van der Waals surface area contributed by atoms with Gasteiger partial charge < -0.3 is 10.2 Å². The van der Waals surface area contributed by atoms with Gasteiger partial charge in [-0.3, -0.25) is 4.98 Å². The van der Waals surface area contributed by atoms with E-state index in [2.05, 4.69) is 44.5 Å². The summed E-state index contributed by atoms with van der Waals surface area (Å²) in [6.45, 7) is 2.22. The zero-order valence-electron chi connectivity index (χ0n) is 19.7. The van der Waals surface area contributed by atoms with Crippen molar-refractivity contribution in [1.29, 1.82) is 5.26 Å². The number of pyridine rings is 2. The minimum Gasteiger partial charge on any atom is -0.371 e. The standard InChI is InChI=1S/C29H33N5/c30-20-22-10-12-26(13-11-22)34-17-5-6-23(21-34)18-24-7-1-2-9-28(24)33-29-19-25(14-16-32-29)27-8-3-4-15-31-27/h3-4,8,10-16,19,23-24,28H,1-2,5-7,9,17-18,21H2,(H,32,33)/t23-,24+,28-/m1/s1. The molecule has 2 aromatic heterocycles. The van der Waals surface area contributed by atoms with Crippen LogP contribution in [0.25, 0.3) is 11.3 Å². The van der Waals surface area contributed by atoms with Crippen LogP contribution in [0.4, 0.5) is 11.5 Å². The third-order valence-corrected chi connectivity index (χ3v) is 7.48. The molecule has 3 atom stereocenters. The number of rotatable bonds is 6. The summed E-state index contributed by atoms with van der Waals surface area (Å²) in [6, 6.07) is 21.0. The van der Waals surface area contributed by atoms with Crippen LogP contribution >= 0.6 is 0 Å². The van der Waals surface area contributed by atoms with Gasteiger partial charge in [-0.25, -0.2) is 4.98 Å². The fourth-order valence-electron chi connectivity index (χ4n) is 5.74. The average molecular weight is 452 g/mol. The van der Waals surface area contributed by atoms with Crippen LogP contribution in [0.2, 0.25) is 0 Å². The first-order chi connectivity index (χ1) is 16.8. The van der Waals surface area contributed by atoms with Crippen LogP contribution in [0.1, 0.15) is 50.5 Å². The van der Waals surface area contributed by atoms with Crippen molar-refractivity contribution in [3.8, 4) is 17.3 Å². The highest BCUT2D eigenvalue weighted by Crippen LogP contribution is 2.35. The van der Waals surface area contributed by atoms with Gasteiger partial charge >= 0.3 is 0 Å². The summed E-state index contributed by atoms with van der Waals surface area (Å²) in [5.74, 6) is 2.35. The molecule has 1 N–H and O–H groups in total. The molecular formula is C29H33N5. The number of aromatic nitrogens is 2. The highest BCUT2D eigenvalue weighted by Gasteiger charge is 2.30. The molecule has 1 saturated heterocycles. The van der Waals surface area contributed by atoms with Gasteiger partial charge in [-0.15, -0.1) is 0 Å². The fraction of sp³-hybridized carbons (Fsp3) is 0.414. The van der Waals surface area contributed by atoms with Crippen molar-refractivity contribution < 1.29 is 0 Å². The van der Waals surface area contributed by atoms with Gasteiger partial charge in [-0.1, -0.05) is 18.9 Å². The Morgan fingerprint density at radius 1 is 0.941 bits per heavy atom. The quantitative estimate of drug-likeness (QED) is 0.477. The molecule has 0 spiro atoms. The van der Waals surface area contributed by atoms with Crippen LogP contribution in [-0.4, -0.2) is 29.1 Å². The van der Waals surface area contributed by atoms with Crippen molar-refractivity contribution in [3.63, 3.8) is 0 Å². The van der Waals surface area contributed by atoms with Gasteiger partial charge in [0.1, 0.15) is 5.82 Å². The van der Waals surface area contributed by atoms with Gasteiger partial charge in [0.15, 0.2) is 0 Å². The predicted octanol–water partition coefficient (Wildman–Crippen LogP) is 6.29. The molecular weight excluding hydrogens is 418 g/mol. The number of anilines is 2. The van der Waals surface area contributed by atoms with Crippen molar-refractivity contribution in [2.45, 2.75) is 51.0 Å². The van der Waals surface area contributed by atoms with Crippen molar-refractivity contribution in [2.75, 3.05) is 23.3 Å². The first-order valence-electron chi connectivity index (χ1n) is 12.7. The second kappa shape index (κ2) is 10.7. The number of nitrogens with zero attached hydrogens (tertiary/aromatic N) is 4. The van der Waals surface area contributed by atoms with E-state index < -0.39 is 0 Å². The zero-order chi connectivity index (χ0) is 23.2. The van der Waals surface area contributed by atoms with Crippen molar-refractivity contribution >= 4 is 11.5 Å². The summed E-state index contributed by atoms with van der Waals surface area (Å²) in [7, 11) is 0. The molecule has 1 aliphatic carbocycles. The van der Waals surface area contributed by atoms with E-state index in [4.69, 9.17) is 5.26 Å². The maximum atomic E-state index is 9.09. The number of nitriles is 1. The highest BCUT2D eigenvalue weighted by atomic mass is 15.1. The van der Waals surface area contributed by atoms with Gasteiger partial charge in [0.05, 0.1) is 17.3 Å². The summed E-state index contributed by atoms with van der Waals surface area (Å²) < 4.78 is 0. The lowest BCUT2D eigenvalue weighted by Crippen LogP contribution is -2.39. The fourth-order valence-corrected chi connectivity index (χ4v) is 5.74. The van der Waals surface area contributed by atoms with Gasteiger partial charge in [-0.05, 0) is 92.5 Å². The van der Waals surface area contributed by atoms with E-state index in [0.717, 1.165) is 35.7 Å². The van der Waals surface area contributed by atoms with E-state index in [1.54, 1.807) is 0 Å². The molecule has 174 valence electrons.